The quantitative estimate of drug-likeness (QED) is 0.651. The molecule has 0 aliphatic rings. The second kappa shape index (κ2) is 2.86. The van der Waals surface area contributed by atoms with Crippen LogP contribution in [0.5, 0.6) is 0 Å². The van der Waals surface area contributed by atoms with Gasteiger partial charge >= 0.3 is 0 Å². The van der Waals surface area contributed by atoms with Crippen molar-refractivity contribution in [2.45, 2.75) is 26.2 Å². The van der Waals surface area contributed by atoms with Crippen LogP contribution in [0.4, 0.5) is 4.39 Å². The molecular formula is C8H12FN. The van der Waals surface area contributed by atoms with Crippen LogP contribution in [0, 0.1) is 5.82 Å². The lowest BCUT2D eigenvalue weighted by Crippen LogP contribution is -1.89. The van der Waals surface area contributed by atoms with E-state index < -0.39 is 0 Å². The number of rotatable bonds is 2. The number of nitrogens with one attached hydrogen (secondary N) is 1. The summed E-state index contributed by atoms with van der Waals surface area (Å²) in [6.45, 7) is 4.16. The van der Waals surface area contributed by atoms with Crippen molar-refractivity contribution in [1.29, 1.82) is 0 Å². The van der Waals surface area contributed by atoms with Gasteiger partial charge in [0.25, 0.3) is 0 Å². The average molecular weight is 141 g/mol. The Morgan fingerprint density at radius 2 is 2.40 bits per heavy atom. The lowest BCUT2D eigenvalue weighted by Gasteiger charge is -2.03. The number of hydrogen-bond donors (Lipinski definition) is 1. The summed E-state index contributed by atoms with van der Waals surface area (Å²) in [6, 6.07) is 1.55. The zero-order valence-electron chi connectivity index (χ0n) is 6.32. The lowest BCUT2D eigenvalue weighted by atomic mass is 10.1. The molecule has 0 spiro atoms. The number of aromatic amines is 1. The maximum absolute atomic E-state index is 12.4. The molecule has 1 rings (SSSR count). The van der Waals surface area contributed by atoms with E-state index in [9.17, 15) is 4.39 Å². The van der Waals surface area contributed by atoms with Crippen LogP contribution in [-0.4, -0.2) is 4.98 Å². The van der Waals surface area contributed by atoms with E-state index in [2.05, 4.69) is 18.8 Å². The van der Waals surface area contributed by atoms with Crippen molar-refractivity contribution in [3.05, 3.63) is 23.8 Å². The molecule has 2 heteroatoms. The van der Waals surface area contributed by atoms with Gasteiger partial charge in [-0.1, -0.05) is 13.8 Å². The summed E-state index contributed by atoms with van der Waals surface area (Å²) in [5, 5.41) is 0. The molecular weight excluding hydrogens is 129 g/mol. The highest BCUT2D eigenvalue weighted by Gasteiger charge is 2.04. The first-order valence-corrected chi connectivity index (χ1v) is 3.58. The van der Waals surface area contributed by atoms with Gasteiger partial charge in [-0.3, -0.25) is 0 Å². The third-order valence-electron chi connectivity index (χ3n) is 1.81. The van der Waals surface area contributed by atoms with E-state index in [0.717, 1.165) is 12.1 Å². The lowest BCUT2D eigenvalue weighted by molar-refractivity contribution is 0.628. The van der Waals surface area contributed by atoms with Gasteiger partial charge in [0.1, 0.15) is 5.82 Å². The Kier molecular flexibility index (Phi) is 2.10. The minimum absolute atomic E-state index is 0.171. The minimum atomic E-state index is -0.171. The van der Waals surface area contributed by atoms with E-state index >= 15 is 0 Å². The van der Waals surface area contributed by atoms with E-state index in [1.807, 2.05) is 0 Å². The zero-order valence-corrected chi connectivity index (χ0v) is 6.32. The third-order valence-corrected chi connectivity index (χ3v) is 1.81. The predicted octanol–water partition coefficient (Wildman–Crippen LogP) is 2.67. The van der Waals surface area contributed by atoms with E-state index in [1.165, 1.54) is 6.20 Å². The van der Waals surface area contributed by atoms with Gasteiger partial charge in [0.2, 0.25) is 0 Å². The fourth-order valence-corrected chi connectivity index (χ4v) is 0.889. The highest BCUT2D eigenvalue weighted by Crippen LogP contribution is 2.16. The first kappa shape index (κ1) is 7.32. The van der Waals surface area contributed by atoms with Crippen molar-refractivity contribution in [1.82, 2.24) is 4.98 Å². The Morgan fingerprint density at radius 1 is 1.70 bits per heavy atom. The fraction of sp³-hybridized carbons (Fsp3) is 0.500. The Balaban J connectivity index is 2.74. The summed E-state index contributed by atoms with van der Waals surface area (Å²) >= 11 is 0. The van der Waals surface area contributed by atoms with Crippen molar-refractivity contribution in [3.8, 4) is 0 Å². The summed E-state index contributed by atoms with van der Waals surface area (Å²) in [4.78, 5) is 2.88. The molecule has 0 radical (unpaired) electrons. The summed E-state index contributed by atoms with van der Waals surface area (Å²) in [5.74, 6) is 0.264. The molecule has 0 bridgehead atoms. The van der Waals surface area contributed by atoms with Crippen LogP contribution in [0.3, 0.4) is 0 Å². The second-order valence-electron chi connectivity index (χ2n) is 2.58. The molecule has 0 amide bonds. The molecule has 0 aromatic carbocycles. The Morgan fingerprint density at radius 3 is 2.80 bits per heavy atom. The van der Waals surface area contributed by atoms with Crippen LogP contribution in [-0.2, 0) is 0 Å². The van der Waals surface area contributed by atoms with Gasteiger partial charge in [0.05, 0.1) is 0 Å². The summed E-state index contributed by atoms with van der Waals surface area (Å²) in [5.41, 5.74) is 0.986. The van der Waals surface area contributed by atoms with Gasteiger partial charge in [0.15, 0.2) is 0 Å². The zero-order chi connectivity index (χ0) is 7.56. The number of hydrogen-bond acceptors (Lipinski definition) is 0. The molecule has 1 aromatic heterocycles. The molecule has 1 unspecified atom stereocenters. The Bertz CT molecular complexity index is 205. The molecule has 1 atom stereocenters. The second-order valence-corrected chi connectivity index (χ2v) is 2.58. The van der Waals surface area contributed by atoms with Gasteiger partial charge in [-0.05, 0) is 18.4 Å². The SMILES string of the molecule is CCC(C)c1cc(F)c[nH]1. The number of aromatic nitrogens is 1. The van der Waals surface area contributed by atoms with Gasteiger partial charge in [-0.25, -0.2) is 4.39 Å². The molecule has 10 heavy (non-hydrogen) atoms. The maximum atomic E-state index is 12.4. The minimum Gasteiger partial charge on any atom is -0.362 e. The van der Waals surface area contributed by atoms with Crippen LogP contribution in [0.1, 0.15) is 31.9 Å². The maximum Gasteiger partial charge on any atom is 0.140 e. The normalized spacial score (nSPS) is 13.5. The van der Waals surface area contributed by atoms with Crippen molar-refractivity contribution in [3.63, 3.8) is 0 Å². The molecule has 0 saturated heterocycles. The van der Waals surface area contributed by atoms with Gasteiger partial charge in [-0.2, -0.15) is 0 Å². The summed E-state index contributed by atoms with van der Waals surface area (Å²) in [6.07, 6.45) is 2.43. The summed E-state index contributed by atoms with van der Waals surface area (Å²) < 4.78 is 12.4. The van der Waals surface area contributed by atoms with Crippen molar-refractivity contribution >= 4 is 0 Å². The molecule has 0 saturated carbocycles. The summed E-state index contributed by atoms with van der Waals surface area (Å²) in [7, 11) is 0. The first-order chi connectivity index (χ1) is 4.74. The molecule has 0 aliphatic heterocycles. The van der Waals surface area contributed by atoms with Crippen molar-refractivity contribution < 1.29 is 4.39 Å². The van der Waals surface area contributed by atoms with Crippen molar-refractivity contribution in [2.24, 2.45) is 0 Å². The van der Waals surface area contributed by atoms with E-state index in [0.29, 0.717) is 5.92 Å². The van der Waals surface area contributed by atoms with Crippen LogP contribution in [0.2, 0.25) is 0 Å². The van der Waals surface area contributed by atoms with E-state index in [1.54, 1.807) is 6.07 Å². The molecule has 56 valence electrons. The van der Waals surface area contributed by atoms with E-state index in [4.69, 9.17) is 0 Å². The van der Waals surface area contributed by atoms with Gasteiger partial charge in [-0.15, -0.1) is 0 Å². The van der Waals surface area contributed by atoms with Crippen LogP contribution >= 0.6 is 0 Å². The number of halogens is 1. The van der Waals surface area contributed by atoms with Gasteiger partial charge in [0, 0.05) is 11.9 Å². The van der Waals surface area contributed by atoms with Crippen LogP contribution in [0.15, 0.2) is 12.3 Å². The first-order valence-electron chi connectivity index (χ1n) is 3.58. The average Bonchev–Trinajstić information content (AvgIpc) is 2.34. The molecule has 1 aromatic rings. The molecule has 1 nitrogen and oxygen atoms in total. The molecule has 1 N–H and O–H groups in total. The predicted molar refractivity (Wildman–Crippen MR) is 39.5 cm³/mol. The highest BCUT2D eigenvalue weighted by atomic mass is 19.1. The molecule has 1 heterocycles. The van der Waals surface area contributed by atoms with Crippen molar-refractivity contribution in [2.75, 3.05) is 0 Å². The van der Waals surface area contributed by atoms with Crippen LogP contribution < -0.4 is 0 Å². The topological polar surface area (TPSA) is 15.8 Å². The fourth-order valence-electron chi connectivity index (χ4n) is 0.889. The smallest absolute Gasteiger partial charge is 0.140 e. The molecule has 0 fully saturated rings. The van der Waals surface area contributed by atoms with Crippen LogP contribution in [0.25, 0.3) is 0 Å². The monoisotopic (exact) mass is 141 g/mol. The van der Waals surface area contributed by atoms with E-state index in [-0.39, 0.29) is 5.82 Å². The Labute approximate surface area is 60.3 Å². The van der Waals surface area contributed by atoms with Gasteiger partial charge < -0.3 is 4.98 Å². The largest absolute Gasteiger partial charge is 0.362 e. The Hall–Kier alpha value is -0.790. The highest BCUT2D eigenvalue weighted by molar-refractivity contribution is 5.10. The standard InChI is InChI=1S/C8H12FN/c1-3-6(2)8-4-7(9)5-10-8/h4-6,10H,3H2,1-2H3. The number of H-pyrrole nitrogens is 1. The molecule has 0 aliphatic carbocycles. The third kappa shape index (κ3) is 1.38.